The Kier molecular flexibility index (Phi) is 10.1. The van der Waals surface area contributed by atoms with Gasteiger partial charge in [0, 0.05) is 39.0 Å². The molecule has 176 valence electrons. The minimum Gasteiger partial charge on any atom is -0.483 e. The Morgan fingerprint density at radius 1 is 1.09 bits per heavy atom. The third-order valence-electron chi connectivity index (χ3n) is 5.61. The Hall–Kier alpha value is -2.98. The summed E-state index contributed by atoms with van der Waals surface area (Å²) in [5.41, 5.74) is 0.983. The molecule has 1 aromatic carbocycles. The molecule has 3 amide bonds. The topological polar surface area (TPSA) is 136 Å². The van der Waals surface area contributed by atoms with Crippen molar-refractivity contribution < 1.29 is 34.1 Å². The van der Waals surface area contributed by atoms with Gasteiger partial charge in [0.05, 0.1) is 18.8 Å². The lowest BCUT2D eigenvalue weighted by molar-refractivity contribution is -0.141. The van der Waals surface area contributed by atoms with E-state index in [2.05, 4.69) is 5.32 Å². The van der Waals surface area contributed by atoms with Gasteiger partial charge in [0.15, 0.2) is 0 Å². The van der Waals surface area contributed by atoms with Gasteiger partial charge >= 0.3 is 0 Å². The van der Waals surface area contributed by atoms with Gasteiger partial charge < -0.3 is 30.1 Å². The van der Waals surface area contributed by atoms with Crippen LogP contribution in [0.15, 0.2) is 30.3 Å². The molecule has 1 aliphatic heterocycles. The number of nitrogens with one attached hydrogen (secondary N) is 1. The van der Waals surface area contributed by atoms with Crippen molar-refractivity contribution in [1.82, 2.24) is 15.1 Å². The highest BCUT2D eigenvalue weighted by atomic mass is 16.5. The molecule has 0 unspecified atom stereocenters. The average molecular weight is 450 g/mol. The van der Waals surface area contributed by atoms with Gasteiger partial charge in [-0.1, -0.05) is 30.3 Å². The number of aliphatic hydroxyl groups is 1. The monoisotopic (exact) mass is 449 g/mol. The number of carbonyl (C=O) groups excluding carboxylic acids is 3. The molecule has 2 fully saturated rings. The van der Waals surface area contributed by atoms with E-state index in [4.69, 9.17) is 14.6 Å². The summed E-state index contributed by atoms with van der Waals surface area (Å²) in [4.78, 5) is 48.1. The van der Waals surface area contributed by atoms with Crippen LogP contribution in [0.3, 0.4) is 0 Å². The predicted octanol–water partition coefficient (Wildman–Crippen LogP) is -0.150. The van der Waals surface area contributed by atoms with Crippen molar-refractivity contribution in [3.8, 4) is 0 Å². The normalized spacial score (nSPS) is 22.5. The van der Waals surface area contributed by atoms with Crippen LogP contribution in [0.4, 0.5) is 0 Å². The fourth-order valence-corrected chi connectivity index (χ4v) is 3.96. The number of carboxylic acid groups (broad SMARTS) is 1. The Labute approximate surface area is 187 Å². The molecule has 2 aliphatic rings. The Morgan fingerprint density at radius 2 is 1.69 bits per heavy atom. The van der Waals surface area contributed by atoms with E-state index >= 15 is 0 Å². The van der Waals surface area contributed by atoms with Crippen molar-refractivity contribution in [3.05, 3.63) is 35.9 Å². The highest BCUT2D eigenvalue weighted by Gasteiger charge is 2.39. The molecule has 1 saturated carbocycles. The zero-order chi connectivity index (χ0) is 23.5. The van der Waals surface area contributed by atoms with Crippen LogP contribution in [0.25, 0.3) is 0 Å². The predicted molar refractivity (Wildman–Crippen MR) is 114 cm³/mol. The Balaban J connectivity index is 0.00000114. The largest absolute Gasteiger partial charge is 0.483 e. The van der Waals surface area contributed by atoms with Gasteiger partial charge in [0.1, 0.15) is 6.61 Å². The molecular formula is C22H31N3O7. The van der Waals surface area contributed by atoms with E-state index in [0.29, 0.717) is 45.6 Å². The number of aliphatic hydroxyl groups excluding tert-OH is 1. The summed E-state index contributed by atoms with van der Waals surface area (Å²) < 4.78 is 5.42. The first kappa shape index (κ1) is 25.3. The molecule has 0 spiro atoms. The number of carbonyl (C=O) groups is 4. The zero-order valence-corrected chi connectivity index (χ0v) is 18.2. The van der Waals surface area contributed by atoms with Gasteiger partial charge in [-0.25, -0.2) is 0 Å². The van der Waals surface area contributed by atoms with Crippen LogP contribution in [0, 0.1) is 5.92 Å². The first-order valence-corrected chi connectivity index (χ1v) is 10.6. The maximum atomic E-state index is 12.8. The standard InChI is InChI=1S/C21H29N3O5.CH2O2/c1-15(25)23-7-9-24(10-8-23)21(28)17-11-18(19(26)12-17)22-20(27)14-29-13-16-5-3-2-4-6-16;2-1-3/h2-6,17-19,26H,7-14H2,1H3,(H,22,27);1H,(H,2,3)/t17-,18+,19+;/m0./s1. The molecule has 1 aliphatic carbocycles. The van der Waals surface area contributed by atoms with Crippen LogP contribution in [0.5, 0.6) is 0 Å². The van der Waals surface area contributed by atoms with Crippen molar-refractivity contribution in [1.29, 1.82) is 0 Å². The molecule has 10 nitrogen and oxygen atoms in total. The summed E-state index contributed by atoms with van der Waals surface area (Å²) in [5, 5.41) is 20.0. The van der Waals surface area contributed by atoms with Gasteiger partial charge in [0.2, 0.25) is 17.7 Å². The van der Waals surface area contributed by atoms with Crippen LogP contribution < -0.4 is 5.32 Å². The third-order valence-corrected chi connectivity index (χ3v) is 5.61. The number of nitrogens with zero attached hydrogens (tertiary/aromatic N) is 2. The van der Waals surface area contributed by atoms with Gasteiger partial charge in [-0.15, -0.1) is 0 Å². The van der Waals surface area contributed by atoms with E-state index in [9.17, 15) is 19.5 Å². The number of hydrogen-bond acceptors (Lipinski definition) is 6. The molecule has 3 rings (SSSR count). The number of hydrogen-bond donors (Lipinski definition) is 3. The fraction of sp³-hybridized carbons (Fsp3) is 0.545. The highest BCUT2D eigenvalue weighted by Crippen LogP contribution is 2.28. The van der Waals surface area contributed by atoms with Crippen molar-refractivity contribution in [2.45, 2.75) is 38.5 Å². The van der Waals surface area contributed by atoms with Crippen LogP contribution in [-0.2, 0) is 30.5 Å². The van der Waals surface area contributed by atoms with Crippen LogP contribution in [0.1, 0.15) is 25.3 Å². The van der Waals surface area contributed by atoms with E-state index in [-0.39, 0.29) is 36.7 Å². The summed E-state index contributed by atoms with van der Waals surface area (Å²) >= 11 is 0. The number of amides is 3. The number of piperazine rings is 1. The number of benzene rings is 1. The molecule has 0 radical (unpaired) electrons. The molecule has 32 heavy (non-hydrogen) atoms. The van der Waals surface area contributed by atoms with Gasteiger partial charge in [-0.2, -0.15) is 0 Å². The van der Waals surface area contributed by atoms with E-state index in [0.717, 1.165) is 5.56 Å². The van der Waals surface area contributed by atoms with Crippen molar-refractivity contribution in [2.75, 3.05) is 32.8 Å². The SMILES string of the molecule is CC(=O)N1CCN(C(=O)[C@@H]2C[C@@H](O)[C@H](NC(=O)COCc3ccccc3)C2)CC1.O=CO. The van der Waals surface area contributed by atoms with Crippen molar-refractivity contribution in [2.24, 2.45) is 5.92 Å². The quantitative estimate of drug-likeness (QED) is 0.514. The minimum absolute atomic E-state index is 0.00988. The van der Waals surface area contributed by atoms with E-state index < -0.39 is 12.1 Å². The number of rotatable bonds is 6. The second-order valence-electron chi connectivity index (χ2n) is 7.82. The first-order valence-electron chi connectivity index (χ1n) is 10.6. The molecule has 10 heteroatoms. The summed E-state index contributed by atoms with van der Waals surface area (Å²) in [6.45, 7) is 3.62. The molecule has 1 aromatic rings. The third kappa shape index (κ3) is 7.61. The second kappa shape index (κ2) is 12.8. The Bertz CT molecular complexity index is 766. The average Bonchev–Trinajstić information content (AvgIpc) is 3.14. The molecule has 1 heterocycles. The van der Waals surface area contributed by atoms with Crippen molar-refractivity contribution in [3.63, 3.8) is 0 Å². The van der Waals surface area contributed by atoms with Crippen LogP contribution >= 0.6 is 0 Å². The zero-order valence-electron chi connectivity index (χ0n) is 18.2. The minimum atomic E-state index is -0.750. The maximum absolute atomic E-state index is 12.8. The lowest BCUT2D eigenvalue weighted by Gasteiger charge is -2.35. The Morgan fingerprint density at radius 3 is 2.28 bits per heavy atom. The van der Waals surface area contributed by atoms with E-state index in [1.54, 1.807) is 9.80 Å². The van der Waals surface area contributed by atoms with Gasteiger partial charge in [0.25, 0.3) is 6.47 Å². The lowest BCUT2D eigenvalue weighted by Crippen LogP contribution is -2.51. The maximum Gasteiger partial charge on any atom is 0.290 e. The molecule has 3 N–H and O–H groups in total. The van der Waals surface area contributed by atoms with E-state index in [1.165, 1.54) is 6.92 Å². The fourth-order valence-electron chi connectivity index (χ4n) is 3.96. The summed E-state index contributed by atoms with van der Waals surface area (Å²) in [7, 11) is 0. The highest BCUT2D eigenvalue weighted by molar-refractivity contribution is 5.81. The summed E-state index contributed by atoms with van der Waals surface area (Å²) in [6.07, 6.45) is -0.000576. The second-order valence-corrected chi connectivity index (χ2v) is 7.82. The molecular weight excluding hydrogens is 418 g/mol. The van der Waals surface area contributed by atoms with Crippen molar-refractivity contribution >= 4 is 24.2 Å². The molecule has 0 bridgehead atoms. The van der Waals surface area contributed by atoms with Crippen LogP contribution in [0.2, 0.25) is 0 Å². The van der Waals surface area contributed by atoms with Crippen LogP contribution in [-0.4, -0.2) is 89.1 Å². The van der Waals surface area contributed by atoms with E-state index in [1.807, 2.05) is 30.3 Å². The van der Waals surface area contributed by atoms with Gasteiger partial charge in [-0.3, -0.25) is 19.2 Å². The molecule has 3 atom stereocenters. The van der Waals surface area contributed by atoms with Gasteiger partial charge in [-0.05, 0) is 18.4 Å². The molecule has 0 aromatic heterocycles. The number of ether oxygens (including phenoxy) is 1. The smallest absolute Gasteiger partial charge is 0.290 e. The first-order chi connectivity index (χ1) is 15.3. The summed E-state index contributed by atoms with van der Waals surface area (Å²) in [6, 6.07) is 9.12. The summed E-state index contributed by atoms with van der Waals surface area (Å²) in [5.74, 6) is -0.604. The lowest BCUT2D eigenvalue weighted by atomic mass is 10.1. The molecule has 1 saturated heterocycles.